The molecule has 0 aliphatic heterocycles. The second-order valence-corrected chi connectivity index (χ2v) is 9.90. The number of aliphatic hydroxyl groups is 1. The monoisotopic (exact) mass is 582 g/mol. The molecule has 0 fully saturated rings. The smallest absolute Gasteiger partial charge is 0.326 e. The number of carboxylic acid groups (broad SMARTS) is 1. The lowest BCUT2D eigenvalue weighted by molar-refractivity contribution is -0.143. The van der Waals surface area contributed by atoms with Crippen molar-refractivity contribution in [1.29, 1.82) is 0 Å². The highest BCUT2D eigenvalue weighted by Gasteiger charge is 2.33. The van der Waals surface area contributed by atoms with Gasteiger partial charge in [-0.3, -0.25) is 19.2 Å². The number of phenolic OH excluding ortho intramolecular Hbond substituents is 1. The lowest BCUT2D eigenvalue weighted by atomic mass is 10.0. The number of phenols is 1. The van der Waals surface area contributed by atoms with E-state index in [0.29, 0.717) is 5.56 Å². The maximum Gasteiger partial charge on any atom is 0.326 e. The number of aliphatic carboxylic acids is 1. The summed E-state index contributed by atoms with van der Waals surface area (Å²) in [6.45, 7) is 1.19. The summed E-state index contributed by atoms with van der Waals surface area (Å²) in [5.41, 5.74) is 13.5. The number of hydrogen-bond acceptors (Lipinski definition) is 8. The minimum atomic E-state index is -1.65. The van der Waals surface area contributed by atoms with E-state index in [-0.39, 0.29) is 18.6 Å². The highest BCUT2D eigenvalue weighted by atomic mass is 16.4. The third kappa shape index (κ3) is 8.52. The van der Waals surface area contributed by atoms with Gasteiger partial charge in [-0.25, -0.2) is 4.79 Å². The Kier molecular flexibility index (Phi) is 10.6. The van der Waals surface area contributed by atoms with Crippen LogP contribution in [0.5, 0.6) is 5.75 Å². The average Bonchev–Trinajstić information content (AvgIpc) is 3.33. The Morgan fingerprint density at radius 1 is 0.881 bits per heavy atom. The molecule has 1 aromatic heterocycles. The summed E-state index contributed by atoms with van der Waals surface area (Å²) in [5, 5.41) is 37.0. The molecule has 0 radical (unpaired) electrons. The van der Waals surface area contributed by atoms with Gasteiger partial charge in [0.15, 0.2) is 0 Å². The molecule has 2 aromatic carbocycles. The summed E-state index contributed by atoms with van der Waals surface area (Å²) in [6.07, 6.45) is -0.466. The van der Waals surface area contributed by atoms with Crippen molar-refractivity contribution in [3.63, 3.8) is 0 Å². The molecule has 0 aliphatic rings. The minimum absolute atomic E-state index is 0.0249. The second kappa shape index (κ2) is 14.1. The van der Waals surface area contributed by atoms with Crippen LogP contribution in [0.4, 0.5) is 0 Å². The van der Waals surface area contributed by atoms with Crippen LogP contribution in [0, 0.1) is 0 Å². The summed E-state index contributed by atoms with van der Waals surface area (Å²) < 4.78 is 0. The first-order valence-electron chi connectivity index (χ1n) is 13.0. The maximum absolute atomic E-state index is 13.1. The normalized spacial score (nSPS) is 14.6. The number of carbonyl (C=O) groups is 5. The predicted molar refractivity (Wildman–Crippen MR) is 151 cm³/mol. The fourth-order valence-electron chi connectivity index (χ4n) is 4.31. The van der Waals surface area contributed by atoms with Gasteiger partial charge in [-0.1, -0.05) is 30.3 Å². The maximum atomic E-state index is 13.1. The standard InChI is InChI=1S/C28H34N6O8/c1-14(35)24(27(40)33-22(28(41)42)10-15-6-8-17(36)9-7-15)34-26(39)21(12-23(30)37)32-25(38)19(29)11-16-13-31-20-5-3-2-4-18(16)20/h2-9,13-14,19,21-22,24,31,35-36H,10-12,29H2,1H3,(H2,30,37)(H,32,38)(H,33,40)(H,34,39)(H,41,42). The van der Waals surface area contributed by atoms with Crippen LogP contribution in [0.2, 0.25) is 0 Å². The molecule has 0 bridgehead atoms. The molecule has 0 saturated heterocycles. The molecule has 0 spiro atoms. The molecule has 0 saturated carbocycles. The molecule has 4 amide bonds. The first-order chi connectivity index (χ1) is 19.8. The van der Waals surface area contributed by atoms with Gasteiger partial charge in [0.2, 0.25) is 23.6 Å². The van der Waals surface area contributed by atoms with Crippen molar-refractivity contribution in [2.24, 2.45) is 11.5 Å². The number of aromatic nitrogens is 1. The number of carbonyl (C=O) groups excluding carboxylic acids is 4. The van der Waals surface area contributed by atoms with E-state index in [2.05, 4.69) is 20.9 Å². The van der Waals surface area contributed by atoms with Crippen molar-refractivity contribution in [3.05, 3.63) is 65.9 Å². The number of benzene rings is 2. The van der Waals surface area contributed by atoms with Gasteiger partial charge in [0.05, 0.1) is 18.6 Å². The fraction of sp³-hybridized carbons (Fsp3) is 0.321. The molecule has 14 heteroatoms. The first kappa shape index (κ1) is 31.6. The van der Waals surface area contributed by atoms with Crippen molar-refractivity contribution >= 4 is 40.5 Å². The Morgan fingerprint density at radius 2 is 1.52 bits per heavy atom. The quantitative estimate of drug-likeness (QED) is 0.110. The van der Waals surface area contributed by atoms with Crippen molar-refractivity contribution in [1.82, 2.24) is 20.9 Å². The van der Waals surface area contributed by atoms with Gasteiger partial charge in [0.25, 0.3) is 0 Å². The van der Waals surface area contributed by atoms with E-state index in [1.165, 1.54) is 31.2 Å². The number of aromatic amines is 1. The molecule has 42 heavy (non-hydrogen) atoms. The largest absolute Gasteiger partial charge is 0.508 e. The Balaban J connectivity index is 1.68. The van der Waals surface area contributed by atoms with Crippen LogP contribution >= 0.6 is 0 Å². The van der Waals surface area contributed by atoms with Crippen LogP contribution in [0.3, 0.4) is 0 Å². The average molecular weight is 583 g/mol. The molecule has 14 nitrogen and oxygen atoms in total. The Morgan fingerprint density at radius 3 is 2.14 bits per heavy atom. The predicted octanol–water partition coefficient (Wildman–Crippen LogP) is -1.22. The van der Waals surface area contributed by atoms with Crippen LogP contribution in [0.25, 0.3) is 10.9 Å². The lowest BCUT2D eigenvalue weighted by Gasteiger charge is -2.26. The van der Waals surface area contributed by atoms with Crippen LogP contribution in [0.1, 0.15) is 24.5 Å². The number of para-hydroxylation sites is 1. The SMILES string of the molecule is CC(O)C(NC(=O)C(CC(N)=O)NC(=O)C(N)Cc1c[nH]c2ccccc12)C(=O)NC(Cc1ccc(O)cc1)C(=O)O. The molecule has 1 heterocycles. The minimum Gasteiger partial charge on any atom is -0.508 e. The van der Waals surface area contributed by atoms with Crippen molar-refractivity contribution in [2.45, 2.75) is 56.5 Å². The van der Waals surface area contributed by atoms with Gasteiger partial charge >= 0.3 is 5.97 Å². The zero-order valence-corrected chi connectivity index (χ0v) is 22.7. The highest BCUT2D eigenvalue weighted by Crippen LogP contribution is 2.19. The number of aliphatic hydroxyl groups excluding tert-OH is 1. The van der Waals surface area contributed by atoms with Crippen molar-refractivity contribution < 1.29 is 39.3 Å². The second-order valence-electron chi connectivity index (χ2n) is 9.90. The number of carboxylic acids is 1. The zero-order valence-electron chi connectivity index (χ0n) is 22.7. The van der Waals surface area contributed by atoms with Gasteiger partial charge in [0, 0.05) is 23.5 Å². The lowest BCUT2D eigenvalue weighted by Crippen LogP contribution is -2.60. The van der Waals surface area contributed by atoms with Crippen LogP contribution in [-0.4, -0.2) is 80.2 Å². The van der Waals surface area contributed by atoms with Gasteiger partial charge in [-0.05, 0) is 42.7 Å². The van der Waals surface area contributed by atoms with E-state index >= 15 is 0 Å². The van der Waals surface area contributed by atoms with E-state index in [1.807, 2.05) is 24.3 Å². The number of H-pyrrole nitrogens is 1. The van der Waals surface area contributed by atoms with E-state index in [4.69, 9.17) is 11.5 Å². The molecule has 0 aliphatic carbocycles. The number of nitrogens with two attached hydrogens (primary N) is 2. The third-order valence-electron chi connectivity index (χ3n) is 6.54. The van der Waals surface area contributed by atoms with Gasteiger partial charge < -0.3 is 47.7 Å². The van der Waals surface area contributed by atoms with E-state index in [0.717, 1.165) is 16.5 Å². The molecule has 11 N–H and O–H groups in total. The Labute approximate surface area is 240 Å². The number of aromatic hydroxyl groups is 1. The number of hydrogen-bond donors (Lipinski definition) is 9. The highest BCUT2D eigenvalue weighted by molar-refractivity contribution is 5.96. The van der Waals surface area contributed by atoms with Gasteiger partial charge in [-0.15, -0.1) is 0 Å². The first-order valence-corrected chi connectivity index (χ1v) is 13.0. The molecule has 5 unspecified atom stereocenters. The van der Waals surface area contributed by atoms with Crippen LogP contribution in [-0.2, 0) is 36.8 Å². The van der Waals surface area contributed by atoms with E-state index in [9.17, 15) is 39.3 Å². The number of primary amides is 1. The molecular formula is C28H34N6O8. The van der Waals surface area contributed by atoms with Crippen LogP contribution in [0.15, 0.2) is 54.7 Å². The summed E-state index contributed by atoms with van der Waals surface area (Å²) in [6, 6.07) is 7.33. The zero-order chi connectivity index (χ0) is 31.0. The van der Waals surface area contributed by atoms with Crippen molar-refractivity contribution in [2.75, 3.05) is 0 Å². The summed E-state index contributed by atoms with van der Waals surface area (Å²) >= 11 is 0. The molecule has 5 atom stereocenters. The van der Waals surface area contributed by atoms with Crippen LogP contribution < -0.4 is 27.4 Å². The van der Waals surface area contributed by atoms with Gasteiger partial charge in [-0.2, -0.15) is 0 Å². The number of amides is 4. The number of rotatable bonds is 14. The summed E-state index contributed by atoms with van der Waals surface area (Å²) in [5.74, 6) is -5.14. The van der Waals surface area contributed by atoms with Gasteiger partial charge in [0.1, 0.15) is 23.9 Å². The molecular weight excluding hydrogens is 548 g/mol. The summed E-state index contributed by atoms with van der Waals surface area (Å²) in [7, 11) is 0. The Bertz CT molecular complexity index is 1440. The fourth-order valence-corrected chi connectivity index (χ4v) is 4.31. The number of fused-ring (bicyclic) bond motifs is 1. The Hall–Kier alpha value is -4.95. The molecule has 3 rings (SSSR count). The summed E-state index contributed by atoms with van der Waals surface area (Å²) in [4.78, 5) is 65.5. The van der Waals surface area contributed by atoms with E-state index < -0.39 is 66.3 Å². The topological polar surface area (TPSA) is 250 Å². The van der Waals surface area contributed by atoms with E-state index in [1.54, 1.807) is 6.20 Å². The molecule has 224 valence electrons. The third-order valence-corrected chi connectivity index (χ3v) is 6.54. The number of nitrogens with one attached hydrogen (secondary N) is 4. The molecule has 3 aromatic rings. The van der Waals surface area contributed by atoms with Crippen molar-refractivity contribution in [3.8, 4) is 5.75 Å².